The minimum Gasteiger partial charge on any atom is -0.457 e. The fraction of sp³-hybridized carbons (Fsp3) is 0.129. The highest BCUT2D eigenvalue weighted by Gasteiger charge is 2.23. The van der Waals surface area contributed by atoms with Crippen LogP contribution in [0.15, 0.2) is 206 Å². The van der Waals surface area contributed by atoms with Crippen LogP contribution >= 0.6 is 0 Å². The molecule has 0 aliphatic rings. The van der Waals surface area contributed by atoms with Crippen molar-refractivity contribution in [2.45, 2.75) is 52.3 Å². The summed E-state index contributed by atoms with van der Waals surface area (Å²) in [5, 5.41) is -0.995. The predicted octanol–water partition coefficient (Wildman–Crippen LogP) is 15.6. The molecule has 8 aromatic carbocycles. The maximum absolute atomic E-state index is 10.3. The maximum Gasteiger partial charge on any atom is 0.269 e. The van der Waals surface area contributed by atoms with Crippen LogP contribution in [0.2, 0.25) is 0 Å². The minimum absolute atomic E-state index is 0.0918. The van der Waals surface area contributed by atoms with Crippen LogP contribution in [0.4, 0.5) is 0 Å². The average molecular weight is 904 g/mol. The number of ether oxygens (including phenoxy) is 1. The third-order valence-electron chi connectivity index (χ3n) is 10.4. The van der Waals surface area contributed by atoms with Gasteiger partial charge in [-0.25, -0.2) is 4.98 Å². The molecule has 3 aromatic heterocycles. The molecule has 0 unspecified atom stereocenters. The Labute approximate surface area is 442 Å². The lowest BCUT2D eigenvalue weighted by molar-refractivity contribution is -0.571. The molecule has 5 nitrogen and oxygen atoms in total. The molecule has 0 saturated carbocycles. The van der Waals surface area contributed by atoms with E-state index in [9.17, 15) is 20.6 Å². The Bertz CT molecular complexity index is 5470. The Kier molecular flexibility index (Phi) is 4.50. The molecule has 3 heterocycles. The van der Waals surface area contributed by atoms with Crippen LogP contribution in [0, 0.1) is 6.33 Å². The lowest BCUT2D eigenvalue weighted by Gasteiger charge is -2.20. The van der Waals surface area contributed by atoms with E-state index in [1.807, 2.05) is 0 Å². The molecule has 67 heavy (non-hydrogen) atoms. The van der Waals surface area contributed by atoms with Gasteiger partial charge in [0.05, 0.1) is 77.3 Å². The summed E-state index contributed by atoms with van der Waals surface area (Å²) < 4.78 is 328. The van der Waals surface area contributed by atoms with Gasteiger partial charge < -0.3 is 4.74 Å². The molecule has 0 saturated heterocycles. The molecule has 5 heteroatoms. The molecule has 0 radical (unpaired) electrons. The first-order chi connectivity index (χ1) is 47.1. The van der Waals surface area contributed by atoms with E-state index in [1.54, 1.807) is 20.8 Å². The highest BCUT2D eigenvalue weighted by molar-refractivity contribution is 6.11. The van der Waals surface area contributed by atoms with Gasteiger partial charge in [0.2, 0.25) is 0 Å². The van der Waals surface area contributed by atoms with Crippen LogP contribution in [-0.4, -0.2) is 14.1 Å². The molecular formula is C62H52N4O. The van der Waals surface area contributed by atoms with Crippen LogP contribution in [-0.2, 0) is 10.8 Å². The number of pyridine rings is 1. The molecule has 11 rings (SSSR count). The van der Waals surface area contributed by atoms with E-state index >= 15 is 0 Å². The number of rotatable bonds is 8. The van der Waals surface area contributed by atoms with E-state index in [0.717, 1.165) is 30.5 Å². The lowest BCUT2D eigenvalue weighted by atomic mass is 9.86. The maximum atomic E-state index is 10.3. The SMILES string of the molecule is [2H]c1nc(-n2c3cc(Oc4cc(-n5[c-][n+](-c6c(-c7c([2H])c([2H])c([2H])c([2H])c7[2H])c([2H])c([2H])c([2H])c6-c6c([2H])c([2H])c([2H])c([2H])c6[2H])c6c([2H])c([2H])c([2H])c([2H])c65)c([2H])c([2H])c4[2H])c(-c4c([2H])c([2H])c(C(C)(C)C([2H])([2H])[2H])c([2H])c4[2H])c([2H])c3c3c([2H])c([2H])c([2H])c([2H])c32)c([2H])c(C(C)(C)C)c1[2H]. The van der Waals surface area contributed by atoms with Crippen molar-refractivity contribution in [3.63, 3.8) is 0 Å². The molecule has 0 aliphatic heterocycles. The summed E-state index contributed by atoms with van der Waals surface area (Å²) in [6.07, 6.45) is 1.96. The van der Waals surface area contributed by atoms with E-state index in [0.29, 0.717) is 9.13 Å². The molecule has 0 bridgehead atoms. The first-order valence-electron chi connectivity index (χ1n) is 37.8. The molecule has 326 valence electrons. The van der Waals surface area contributed by atoms with E-state index in [4.69, 9.17) is 32.2 Å². The number of para-hydroxylation sites is 4. The van der Waals surface area contributed by atoms with Crippen molar-refractivity contribution in [3.8, 4) is 62.1 Å². The van der Waals surface area contributed by atoms with Crippen molar-refractivity contribution < 1.29 is 57.3 Å². The summed E-state index contributed by atoms with van der Waals surface area (Å²) in [4.78, 5) is 4.28. The second kappa shape index (κ2) is 16.4. The fourth-order valence-electron chi connectivity index (χ4n) is 7.23. The Hall–Kier alpha value is -8.02. The second-order valence-corrected chi connectivity index (χ2v) is 16.4. The zero-order valence-electron chi connectivity index (χ0n) is 70.9. The number of hydrogen-bond donors (Lipinski definition) is 0. The molecule has 0 aliphatic carbocycles. The fourth-order valence-corrected chi connectivity index (χ4v) is 7.23. The highest BCUT2D eigenvalue weighted by Crippen LogP contribution is 2.43. The summed E-state index contributed by atoms with van der Waals surface area (Å²) in [7, 11) is 0. The Morgan fingerprint density at radius 1 is 0.552 bits per heavy atom. The number of nitrogens with zero attached hydrogens (tertiary/aromatic N) is 4. The van der Waals surface area contributed by atoms with Crippen molar-refractivity contribution in [2.24, 2.45) is 0 Å². The van der Waals surface area contributed by atoms with E-state index < -0.39 is 312 Å². The quantitative estimate of drug-likeness (QED) is 0.112. The molecule has 0 amide bonds. The normalized spacial score (nSPS) is 19.6. The van der Waals surface area contributed by atoms with E-state index in [1.165, 1.54) is 0 Å². The Balaban J connectivity index is 1.34. The van der Waals surface area contributed by atoms with Gasteiger partial charge in [-0.15, -0.1) is 0 Å². The Morgan fingerprint density at radius 3 is 1.90 bits per heavy atom. The molecule has 11 aromatic rings. The first kappa shape index (κ1) is 18.3. The average Bonchev–Trinajstić information content (AvgIpc) is 1.41. The van der Waals surface area contributed by atoms with Crippen molar-refractivity contribution in [2.75, 3.05) is 0 Å². The standard InChI is InChI=1S/C62H52N4O/c1-61(2,3)45-33-31-44(32-34-45)52-39-53-51-25-13-14-28-54(51)66(59-37-46(35-36-63-59)62(4,5)6)57(53)40-58(52)67-48-24-17-23-47(38-48)64-41-65(56-30-16-15-29-55(56)64)60-49(42-19-9-7-10-20-42)26-18-27-50(60)43-21-11-8-12-22-43/h7-40H,1-6H3/i1D3,7D,8D,9D,10D,11D,12D,13D,14D,15D,16D,17D,18D,19D,20D,21D,22D,23D,24D,25D,26D,27D,28D,29D,30D,31D,32D,33D,34D,35D,36D,37D,39D. The number of fused-ring (bicyclic) bond motifs is 4. The summed E-state index contributed by atoms with van der Waals surface area (Å²) in [6, 6.07) is -28.8. The van der Waals surface area contributed by atoms with Gasteiger partial charge in [0, 0.05) is 32.7 Å². The first-order valence-corrected chi connectivity index (χ1v) is 20.3. The predicted molar refractivity (Wildman–Crippen MR) is 276 cm³/mol. The summed E-state index contributed by atoms with van der Waals surface area (Å²) >= 11 is 0. The second-order valence-electron chi connectivity index (χ2n) is 16.4. The van der Waals surface area contributed by atoms with Crippen LogP contribution < -0.4 is 9.30 Å². The third kappa shape index (κ3) is 7.66. The topological polar surface area (TPSA) is 35.9 Å². The van der Waals surface area contributed by atoms with Crippen LogP contribution in [0.1, 0.15) is 101 Å². The zero-order valence-corrected chi connectivity index (χ0v) is 35.9. The van der Waals surface area contributed by atoms with Gasteiger partial charge in [0.1, 0.15) is 17.3 Å². The molecule has 0 fully saturated rings. The van der Waals surface area contributed by atoms with Crippen molar-refractivity contribution in [1.29, 1.82) is 0 Å². The van der Waals surface area contributed by atoms with Crippen LogP contribution in [0.3, 0.4) is 0 Å². The summed E-state index contributed by atoms with van der Waals surface area (Å²) in [5.41, 5.74) is -13.7. The van der Waals surface area contributed by atoms with Gasteiger partial charge in [-0.1, -0.05) is 193 Å². The van der Waals surface area contributed by atoms with Crippen molar-refractivity contribution in [1.82, 2.24) is 14.1 Å². The number of aromatic nitrogens is 4. The van der Waals surface area contributed by atoms with Gasteiger partial charge in [0.25, 0.3) is 6.33 Å². The molecular weight excluding hydrogens is 817 g/mol. The number of hydrogen-bond acceptors (Lipinski definition) is 2. The summed E-state index contributed by atoms with van der Waals surface area (Å²) in [5.74, 6) is -2.33. The largest absolute Gasteiger partial charge is 0.457 e. The zero-order chi connectivity index (χ0) is 76.2. The highest BCUT2D eigenvalue weighted by atomic mass is 16.5. The van der Waals surface area contributed by atoms with Gasteiger partial charge in [0.15, 0.2) is 0 Å². The van der Waals surface area contributed by atoms with Gasteiger partial charge in [-0.3, -0.25) is 13.7 Å². The molecule has 0 atom stereocenters. The van der Waals surface area contributed by atoms with Crippen molar-refractivity contribution in [3.05, 3.63) is 223 Å². The number of imidazole rings is 1. The molecule has 0 spiro atoms. The van der Waals surface area contributed by atoms with E-state index in [-0.39, 0.29) is 5.56 Å². The van der Waals surface area contributed by atoms with Gasteiger partial charge in [-0.05, 0) is 92.1 Å². The van der Waals surface area contributed by atoms with Gasteiger partial charge >= 0.3 is 0 Å². The monoisotopic (exact) mass is 904 g/mol. The van der Waals surface area contributed by atoms with Crippen LogP contribution in [0.25, 0.3) is 83.4 Å². The Morgan fingerprint density at radius 2 is 1.19 bits per heavy atom. The third-order valence-corrected chi connectivity index (χ3v) is 10.4. The summed E-state index contributed by atoms with van der Waals surface area (Å²) in [6.45, 7) is 4.12. The lowest BCUT2D eigenvalue weighted by Crippen LogP contribution is -2.31. The minimum atomic E-state index is -3.00. The smallest absolute Gasteiger partial charge is 0.269 e. The van der Waals surface area contributed by atoms with Crippen molar-refractivity contribution >= 4 is 32.8 Å². The van der Waals surface area contributed by atoms with E-state index in [2.05, 4.69) is 11.3 Å². The number of benzene rings is 8. The van der Waals surface area contributed by atoms with Gasteiger partial charge in [-0.2, -0.15) is 0 Å². The van der Waals surface area contributed by atoms with Crippen LogP contribution in [0.5, 0.6) is 11.5 Å². The molecule has 0 N–H and O–H groups in total.